The zero-order chi connectivity index (χ0) is 25.4. The SMILES string of the molecule is CC(CC1CC(C)(C)OC2c3ccccc3N(C)C(=O)C12)=C1CC2C(=O)c3ccccc3N(C)C2O1. The van der Waals surface area contributed by atoms with Crippen molar-refractivity contribution >= 4 is 23.1 Å². The summed E-state index contributed by atoms with van der Waals surface area (Å²) in [6, 6.07) is 15.8. The van der Waals surface area contributed by atoms with Crippen molar-refractivity contribution in [2.24, 2.45) is 17.8 Å². The molecule has 1 amide bonds. The van der Waals surface area contributed by atoms with E-state index >= 15 is 0 Å². The number of ketones is 1. The zero-order valence-corrected chi connectivity index (χ0v) is 21.7. The highest BCUT2D eigenvalue weighted by Crippen LogP contribution is 2.52. The number of allylic oxidation sites excluding steroid dienone is 2. The Morgan fingerprint density at radius 3 is 2.50 bits per heavy atom. The predicted molar refractivity (Wildman–Crippen MR) is 139 cm³/mol. The average molecular weight is 487 g/mol. The van der Waals surface area contributed by atoms with Crippen LogP contribution >= 0.6 is 0 Å². The Bertz CT molecular complexity index is 1280. The van der Waals surface area contributed by atoms with Crippen molar-refractivity contribution in [1.29, 1.82) is 0 Å². The van der Waals surface area contributed by atoms with Gasteiger partial charge in [0.05, 0.1) is 35.0 Å². The first kappa shape index (κ1) is 23.3. The van der Waals surface area contributed by atoms with Gasteiger partial charge in [0.25, 0.3) is 0 Å². The number of fused-ring (bicyclic) bond motifs is 5. The average Bonchev–Trinajstić information content (AvgIpc) is 3.31. The summed E-state index contributed by atoms with van der Waals surface area (Å²) in [6.45, 7) is 6.35. The number of anilines is 2. The Labute approximate surface area is 212 Å². The lowest BCUT2D eigenvalue weighted by Crippen LogP contribution is -2.51. The van der Waals surface area contributed by atoms with E-state index in [4.69, 9.17) is 9.47 Å². The van der Waals surface area contributed by atoms with Gasteiger partial charge in [0.1, 0.15) is 0 Å². The van der Waals surface area contributed by atoms with E-state index in [1.54, 1.807) is 4.90 Å². The molecule has 5 unspecified atom stereocenters. The zero-order valence-electron chi connectivity index (χ0n) is 21.7. The fourth-order valence-corrected chi connectivity index (χ4v) is 6.89. The highest BCUT2D eigenvalue weighted by molar-refractivity contribution is 6.05. The van der Waals surface area contributed by atoms with Crippen LogP contribution in [0.4, 0.5) is 11.4 Å². The van der Waals surface area contributed by atoms with E-state index in [-0.39, 0.29) is 47.4 Å². The molecule has 4 aliphatic heterocycles. The van der Waals surface area contributed by atoms with Crippen molar-refractivity contribution in [3.8, 4) is 0 Å². The largest absolute Gasteiger partial charge is 0.474 e. The Hall–Kier alpha value is -3.12. The second kappa shape index (κ2) is 8.20. The van der Waals surface area contributed by atoms with Gasteiger partial charge in [-0.1, -0.05) is 30.3 Å². The van der Waals surface area contributed by atoms with Crippen LogP contribution in [0.2, 0.25) is 0 Å². The minimum atomic E-state index is -0.345. The van der Waals surface area contributed by atoms with Crippen LogP contribution in [0.5, 0.6) is 0 Å². The van der Waals surface area contributed by atoms with Crippen molar-refractivity contribution in [3.63, 3.8) is 0 Å². The molecule has 0 spiro atoms. The van der Waals surface area contributed by atoms with Gasteiger partial charge in [0.15, 0.2) is 12.0 Å². The van der Waals surface area contributed by atoms with Crippen LogP contribution in [-0.4, -0.2) is 37.6 Å². The summed E-state index contributed by atoms with van der Waals surface area (Å²) in [4.78, 5) is 30.8. The van der Waals surface area contributed by atoms with E-state index < -0.39 is 0 Å². The third-order valence-electron chi connectivity index (χ3n) is 8.58. The molecule has 0 radical (unpaired) electrons. The van der Waals surface area contributed by atoms with E-state index in [9.17, 15) is 9.59 Å². The van der Waals surface area contributed by atoms with Gasteiger partial charge >= 0.3 is 0 Å². The normalized spacial score (nSPS) is 31.8. The lowest BCUT2D eigenvalue weighted by atomic mass is 9.70. The molecular weight excluding hydrogens is 452 g/mol. The van der Waals surface area contributed by atoms with Crippen LogP contribution in [-0.2, 0) is 14.3 Å². The molecule has 2 saturated heterocycles. The second-order valence-electron chi connectivity index (χ2n) is 11.5. The molecule has 2 aromatic rings. The number of carbonyl (C=O) groups is 2. The van der Waals surface area contributed by atoms with Crippen LogP contribution in [0, 0.1) is 17.8 Å². The van der Waals surface area contributed by atoms with E-state index in [0.717, 1.165) is 46.7 Å². The van der Waals surface area contributed by atoms with Crippen molar-refractivity contribution in [1.82, 2.24) is 0 Å². The molecule has 2 fully saturated rings. The minimum Gasteiger partial charge on any atom is -0.474 e. The van der Waals surface area contributed by atoms with Gasteiger partial charge in [-0.15, -0.1) is 0 Å². The van der Waals surface area contributed by atoms with Crippen molar-refractivity contribution in [3.05, 3.63) is 71.0 Å². The Morgan fingerprint density at radius 2 is 1.72 bits per heavy atom. The smallest absolute Gasteiger partial charge is 0.233 e. The third-order valence-corrected chi connectivity index (χ3v) is 8.58. The molecule has 6 rings (SSSR count). The number of hydrogen-bond donors (Lipinski definition) is 0. The van der Waals surface area contributed by atoms with Crippen molar-refractivity contribution in [2.75, 3.05) is 23.9 Å². The molecule has 0 aliphatic carbocycles. The molecule has 2 aromatic carbocycles. The molecule has 6 nitrogen and oxygen atoms in total. The van der Waals surface area contributed by atoms with E-state index in [1.807, 2.05) is 56.6 Å². The number of hydrogen-bond acceptors (Lipinski definition) is 5. The summed E-state index contributed by atoms with van der Waals surface area (Å²) in [5, 5.41) is 0. The van der Waals surface area contributed by atoms with Gasteiger partial charge < -0.3 is 19.3 Å². The summed E-state index contributed by atoms with van der Waals surface area (Å²) < 4.78 is 13.0. The molecule has 188 valence electrons. The molecular formula is C30H34N2O4. The van der Waals surface area contributed by atoms with Crippen LogP contribution < -0.4 is 9.80 Å². The summed E-state index contributed by atoms with van der Waals surface area (Å²) >= 11 is 0. The lowest BCUT2D eigenvalue weighted by molar-refractivity contribution is -0.172. The number of rotatable bonds is 2. The molecule has 36 heavy (non-hydrogen) atoms. The number of carbonyl (C=O) groups excluding carboxylic acids is 2. The summed E-state index contributed by atoms with van der Waals surface area (Å²) in [7, 11) is 3.87. The first-order chi connectivity index (χ1) is 17.2. The highest BCUT2D eigenvalue weighted by Gasteiger charge is 2.51. The van der Waals surface area contributed by atoms with E-state index in [2.05, 4.69) is 31.7 Å². The number of ether oxygens (including phenoxy) is 2. The van der Waals surface area contributed by atoms with Crippen molar-refractivity contribution in [2.45, 2.75) is 58.0 Å². The quantitative estimate of drug-likeness (QED) is 0.561. The number of amides is 1. The van der Waals surface area contributed by atoms with Crippen LogP contribution in [0.15, 0.2) is 59.9 Å². The van der Waals surface area contributed by atoms with Crippen LogP contribution in [0.3, 0.4) is 0 Å². The van der Waals surface area contributed by atoms with E-state index in [0.29, 0.717) is 6.42 Å². The molecule has 5 atom stereocenters. The minimum absolute atomic E-state index is 0.114. The van der Waals surface area contributed by atoms with Gasteiger partial charge in [-0.25, -0.2) is 0 Å². The topological polar surface area (TPSA) is 59.1 Å². The van der Waals surface area contributed by atoms with Gasteiger partial charge in [0.2, 0.25) is 5.91 Å². The number of nitrogens with zero attached hydrogens (tertiary/aromatic N) is 2. The maximum absolute atomic E-state index is 13.6. The number of benzene rings is 2. The van der Waals surface area contributed by atoms with E-state index in [1.165, 1.54) is 0 Å². The Balaban J connectivity index is 1.30. The standard InChI is InChI=1S/C30H34N2O4/c1-17(24-15-21-26(33)19-10-6-8-12-22(19)32(5)29(21)35-24)14-18-16-30(2,3)36-27-20-11-7-9-13-23(20)31(4)28(34)25(18)27/h6-13,18,21,25,27,29H,14-16H2,1-5H3. The maximum atomic E-state index is 13.6. The predicted octanol–water partition coefficient (Wildman–Crippen LogP) is 5.49. The second-order valence-corrected chi connectivity index (χ2v) is 11.5. The van der Waals surface area contributed by atoms with Gasteiger partial charge in [-0.05, 0) is 63.3 Å². The molecule has 4 heterocycles. The van der Waals surface area contributed by atoms with Crippen molar-refractivity contribution < 1.29 is 19.1 Å². The monoisotopic (exact) mass is 486 g/mol. The molecule has 0 bridgehead atoms. The van der Waals surface area contributed by atoms with Crippen LogP contribution in [0.1, 0.15) is 62.1 Å². The first-order valence-corrected chi connectivity index (χ1v) is 12.9. The van der Waals surface area contributed by atoms with Gasteiger partial charge in [-0.2, -0.15) is 0 Å². The molecule has 0 N–H and O–H groups in total. The lowest BCUT2D eigenvalue weighted by Gasteiger charge is -2.49. The fourth-order valence-electron chi connectivity index (χ4n) is 6.89. The summed E-state index contributed by atoms with van der Waals surface area (Å²) in [5.41, 5.74) is 4.49. The summed E-state index contributed by atoms with van der Waals surface area (Å²) in [6.07, 6.45) is 1.59. The van der Waals surface area contributed by atoms with Gasteiger partial charge in [0, 0.05) is 37.3 Å². The number of para-hydroxylation sites is 2. The van der Waals surface area contributed by atoms with Crippen LogP contribution in [0.25, 0.3) is 0 Å². The molecule has 4 aliphatic rings. The Kier molecular flexibility index (Phi) is 5.31. The number of Topliss-reactive ketones (excluding diaryl/α,β-unsaturated/α-hetero) is 1. The Morgan fingerprint density at radius 1 is 1.03 bits per heavy atom. The summed E-state index contributed by atoms with van der Waals surface area (Å²) in [5.74, 6) is 0.837. The molecule has 0 saturated carbocycles. The highest BCUT2D eigenvalue weighted by atomic mass is 16.5. The maximum Gasteiger partial charge on any atom is 0.233 e. The van der Waals surface area contributed by atoms with Gasteiger partial charge in [-0.3, -0.25) is 9.59 Å². The molecule has 0 aromatic heterocycles. The fraction of sp³-hybridized carbons (Fsp3) is 0.467. The third kappa shape index (κ3) is 3.49. The molecule has 6 heteroatoms. The first-order valence-electron chi connectivity index (χ1n) is 12.9.